The number of nitrogens with zero attached hydrogens (tertiary/aromatic N) is 3. The number of aromatic nitrogens is 3. The zero-order valence-electron chi connectivity index (χ0n) is 20.5. The number of H-pyrrole nitrogens is 1. The molecule has 8 heteroatoms. The summed E-state index contributed by atoms with van der Waals surface area (Å²) in [6, 6.07) is 12.7. The zero-order chi connectivity index (χ0) is 25.2. The molecule has 1 unspecified atom stereocenters. The van der Waals surface area contributed by atoms with Gasteiger partial charge in [0.1, 0.15) is 0 Å². The lowest BCUT2D eigenvalue weighted by molar-refractivity contribution is -0.124. The van der Waals surface area contributed by atoms with Crippen molar-refractivity contribution >= 4 is 34.5 Å². The minimum absolute atomic E-state index is 0.304. The first kappa shape index (κ1) is 24.3. The van der Waals surface area contributed by atoms with Crippen LogP contribution in [0.25, 0.3) is 17.0 Å². The lowest BCUT2D eigenvalue weighted by Gasteiger charge is -2.30. The van der Waals surface area contributed by atoms with Crippen LogP contribution in [0.3, 0.4) is 0 Å². The van der Waals surface area contributed by atoms with Crippen LogP contribution in [0.2, 0.25) is 5.02 Å². The van der Waals surface area contributed by atoms with Gasteiger partial charge in [-0.25, -0.2) is 5.48 Å². The van der Waals surface area contributed by atoms with Gasteiger partial charge in [-0.3, -0.25) is 19.6 Å². The summed E-state index contributed by atoms with van der Waals surface area (Å²) >= 11 is 6.18. The van der Waals surface area contributed by atoms with Gasteiger partial charge in [0.05, 0.1) is 6.20 Å². The van der Waals surface area contributed by atoms with E-state index in [1.807, 2.05) is 36.1 Å². The Hall–Kier alpha value is -3.39. The van der Waals surface area contributed by atoms with E-state index >= 15 is 0 Å². The molecule has 1 aliphatic rings. The predicted octanol–water partition coefficient (Wildman–Crippen LogP) is 5.11. The molecular formula is C28H30ClN5O2. The molecule has 1 amide bonds. The number of benzene rings is 2. The first-order valence-electron chi connectivity index (χ1n) is 12.1. The van der Waals surface area contributed by atoms with Gasteiger partial charge in [0.15, 0.2) is 0 Å². The highest BCUT2D eigenvalue weighted by atomic mass is 35.5. The van der Waals surface area contributed by atoms with Crippen LogP contribution in [0.1, 0.15) is 46.0 Å². The van der Waals surface area contributed by atoms with Crippen molar-refractivity contribution in [2.45, 2.75) is 38.8 Å². The Labute approximate surface area is 215 Å². The van der Waals surface area contributed by atoms with E-state index in [0.29, 0.717) is 6.04 Å². The number of fused-ring (bicyclic) bond motifs is 2. The van der Waals surface area contributed by atoms with E-state index in [1.54, 1.807) is 11.6 Å². The Morgan fingerprint density at radius 1 is 1.31 bits per heavy atom. The maximum Gasteiger partial charge on any atom is 0.267 e. The highest BCUT2D eigenvalue weighted by Crippen LogP contribution is 2.38. The fourth-order valence-corrected chi connectivity index (χ4v) is 5.37. The molecule has 3 N–H and O–H groups in total. The van der Waals surface area contributed by atoms with Gasteiger partial charge in [-0.2, -0.15) is 5.10 Å². The van der Waals surface area contributed by atoms with E-state index in [4.69, 9.17) is 16.8 Å². The van der Waals surface area contributed by atoms with E-state index in [0.717, 1.165) is 48.5 Å². The van der Waals surface area contributed by atoms with Gasteiger partial charge in [-0.1, -0.05) is 35.9 Å². The van der Waals surface area contributed by atoms with Crippen LogP contribution < -0.4 is 5.48 Å². The van der Waals surface area contributed by atoms with Crippen molar-refractivity contribution in [1.82, 2.24) is 25.1 Å². The number of aromatic amines is 1. The molecule has 0 spiro atoms. The molecular weight excluding hydrogens is 474 g/mol. The molecule has 0 saturated heterocycles. The Balaban J connectivity index is 1.41. The number of carbonyl (C=O) groups excluding carboxylic acids is 1. The van der Waals surface area contributed by atoms with Gasteiger partial charge in [0.25, 0.3) is 5.91 Å². The first-order valence-corrected chi connectivity index (χ1v) is 12.5. The first-order chi connectivity index (χ1) is 17.4. The number of nitrogens with one attached hydrogen (secondary N) is 2. The molecule has 0 saturated carbocycles. The van der Waals surface area contributed by atoms with Crippen LogP contribution in [-0.2, 0) is 31.2 Å². The molecule has 1 aliphatic carbocycles. The molecule has 4 aromatic rings. The van der Waals surface area contributed by atoms with Gasteiger partial charge < -0.3 is 4.98 Å². The van der Waals surface area contributed by atoms with E-state index in [9.17, 15) is 4.79 Å². The predicted molar refractivity (Wildman–Crippen MR) is 142 cm³/mol. The second-order valence-corrected chi connectivity index (χ2v) is 9.86. The van der Waals surface area contributed by atoms with Crippen molar-refractivity contribution in [2.24, 2.45) is 7.05 Å². The number of carbonyl (C=O) groups is 1. The van der Waals surface area contributed by atoms with Crippen LogP contribution in [0.5, 0.6) is 0 Å². The maximum absolute atomic E-state index is 11.4. The summed E-state index contributed by atoms with van der Waals surface area (Å²) < 4.78 is 1.93. The summed E-state index contributed by atoms with van der Waals surface area (Å²) in [5.41, 5.74) is 10.0. The number of hydrogen-bond donors (Lipinski definition) is 3. The molecule has 186 valence electrons. The van der Waals surface area contributed by atoms with E-state index in [-0.39, 0.29) is 0 Å². The average Bonchev–Trinajstić information content (AvgIpc) is 3.57. The van der Waals surface area contributed by atoms with Crippen molar-refractivity contribution < 1.29 is 10.0 Å². The summed E-state index contributed by atoms with van der Waals surface area (Å²) in [5, 5.41) is 15.1. The highest BCUT2D eigenvalue weighted by molar-refractivity contribution is 6.31. The van der Waals surface area contributed by atoms with Gasteiger partial charge in [-0.05, 0) is 66.6 Å². The second kappa shape index (κ2) is 10.3. The molecule has 7 nitrogen and oxygen atoms in total. The van der Waals surface area contributed by atoms with Gasteiger partial charge in [0, 0.05) is 65.6 Å². The van der Waals surface area contributed by atoms with Crippen LogP contribution in [0, 0.1) is 6.92 Å². The third-order valence-corrected chi connectivity index (χ3v) is 7.53. The molecule has 0 fully saturated rings. The van der Waals surface area contributed by atoms with E-state index < -0.39 is 5.91 Å². The summed E-state index contributed by atoms with van der Waals surface area (Å²) in [6.07, 6.45) is 10.1. The average molecular weight is 504 g/mol. The molecule has 0 aliphatic heterocycles. The standard InChI is InChI=1S/C28H30ClN5O2/c1-18-22(16-31-33(18)2)17-34(12-11-21-15-30-26-14-23(29)6-8-24(21)26)27-9-5-20-13-19(3-7-25(20)27)4-10-28(35)32-36/h3-4,6-8,10,13-16,27,30,36H,5,9,11-12,17H2,1-2H3,(H,32,35)/b10-4+. The van der Waals surface area contributed by atoms with Gasteiger partial charge in [-0.15, -0.1) is 0 Å². The molecule has 0 bridgehead atoms. The summed E-state index contributed by atoms with van der Waals surface area (Å²) in [4.78, 5) is 17.3. The van der Waals surface area contributed by atoms with Crippen molar-refractivity contribution in [3.8, 4) is 0 Å². The Bertz CT molecular complexity index is 1440. The number of halogens is 1. The van der Waals surface area contributed by atoms with Crippen LogP contribution in [0.4, 0.5) is 0 Å². The van der Waals surface area contributed by atoms with Crippen LogP contribution in [0.15, 0.2) is 54.9 Å². The number of rotatable bonds is 8. The number of hydrogen-bond acceptors (Lipinski definition) is 4. The topological polar surface area (TPSA) is 86.2 Å². The third-order valence-electron chi connectivity index (χ3n) is 7.30. The van der Waals surface area contributed by atoms with Crippen LogP contribution in [-0.4, -0.2) is 37.3 Å². The van der Waals surface area contributed by atoms with Crippen molar-refractivity contribution in [3.63, 3.8) is 0 Å². The van der Waals surface area contributed by atoms with Gasteiger partial charge >= 0.3 is 0 Å². The number of amides is 1. The molecule has 5 rings (SSSR count). The molecule has 2 aromatic heterocycles. The van der Waals surface area contributed by atoms with Crippen molar-refractivity contribution in [1.29, 1.82) is 0 Å². The maximum atomic E-state index is 11.4. The highest BCUT2D eigenvalue weighted by Gasteiger charge is 2.29. The quantitative estimate of drug-likeness (QED) is 0.177. The van der Waals surface area contributed by atoms with Crippen molar-refractivity contribution in [3.05, 3.63) is 93.4 Å². The molecule has 36 heavy (non-hydrogen) atoms. The number of aryl methyl sites for hydroxylation is 2. The van der Waals surface area contributed by atoms with E-state index in [1.165, 1.54) is 39.4 Å². The minimum atomic E-state index is -0.536. The fourth-order valence-electron chi connectivity index (χ4n) is 5.20. The summed E-state index contributed by atoms with van der Waals surface area (Å²) in [6.45, 7) is 3.86. The third kappa shape index (κ3) is 4.95. The number of hydroxylamine groups is 1. The Morgan fingerprint density at radius 2 is 2.17 bits per heavy atom. The Morgan fingerprint density at radius 3 is 2.94 bits per heavy atom. The van der Waals surface area contributed by atoms with Gasteiger partial charge in [0.2, 0.25) is 0 Å². The summed E-state index contributed by atoms with van der Waals surface area (Å²) in [7, 11) is 1.98. The smallest absolute Gasteiger partial charge is 0.267 e. The normalized spacial score (nSPS) is 15.3. The van der Waals surface area contributed by atoms with Crippen molar-refractivity contribution in [2.75, 3.05) is 6.54 Å². The zero-order valence-corrected chi connectivity index (χ0v) is 21.2. The second-order valence-electron chi connectivity index (χ2n) is 9.43. The van der Waals surface area contributed by atoms with Crippen LogP contribution >= 0.6 is 11.6 Å². The SMILES string of the molecule is Cc1c(CN(CCc2c[nH]c3cc(Cl)ccc23)C2CCc3cc(/C=C/C(=O)NO)ccc32)cnn1C. The molecule has 1 atom stereocenters. The minimum Gasteiger partial charge on any atom is -0.361 e. The lowest BCUT2D eigenvalue weighted by atomic mass is 10.0. The van der Waals surface area contributed by atoms with E-state index in [2.05, 4.69) is 46.3 Å². The fraction of sp³-hybridized carbons (Fsp3) is 0.286. The summed E-state index contributed by atoms with van der Waals surface area (Å²) in [5.74, 6) is -0.536. The lowest BCUT2D eigenvalue weighted by Crippen LogP contribution is -2.29. The molecule has 2 heterocycles. The largest absolute Gasteiger partial charge is 0.361 e. The molecule has 0 radical (unpaired) electrons. The Kier molecular flexibility index (Phi) is 6.96. The monoisotopic (exact) mass is 503 g/mol. The molecule has 2 aromatic carbocycles.